The summed E-state index contributed by atoms with van der Waals surface area (Å²) in [6.45, 7) is 8.01. The van der Waals surface area contributed by atoms with Crippen molar-refractivity contribution >= 4 is 23.3 Å². The molecule has 5 heteroatoms. The third-order valence-electron chi connectivity index (χ3n) is 5.69. The molecule has 0 unspecified atom stereocenters. The largest absolute Gasteiger partial charge is 0.370 e. The minimum Gasteiger partial charge on any atom is -0.370 e. The smallest absolute Gasteiger partial charge is 0.153 e. The van der Waals surface area contributed by atoms with Crippen molar-refractivity contribution < 1.29 is 8.78 Å². The summed E-state index contributed by atoms with van der Waals surface area (Å²) >= 11 is 0. The van der Waals surface area contributed by atoms with E-state index in [0.717, 1.165) is 25.0 Å². The Morgan fingerprint density at radius 2 is 1.77 bits per heavy atom. The van der Waals surface area contributed by atoms with Gasteiger partial charge >= 0.3 is 0 Å². The molecule has 1 fully saturated rings. The normalized spacial score (nSPS) is 15.5. The highest BCUT2D eigenvalue weighted by molar-refractivity contribution is 5.88. The Balaban J connectivity index is 1.77. The van der Waals surface area contributed by atoms with Crippen molar-refractivity contribution in [2.24, 2.45) is 5.41 Å². The SMILES string of the molecule is CCC1(CC)CN(c2ccc(Nc3c(C=N)cc(F)c(C)c3F)cc2)C1. The summed E-state index contributed by atoms with van der Waals surface area (Å²) in [5, 5.41) is 10.4. The van der Waals surface area contributed by atoms with E-state index in [9.17, 15) is 8.78 Å². The lowest BCUT2D eigenvalue weighted by molar-refractivity contribution is 0.194. The molecule has 0 atom stereocenters. The molecule has 138 valence electrons. The van der Waals surface area contributed by atoms with Crippen LogP contribution in [0.3, 0.4) is 0 Å². The average Bonchev–Trinajstić information content (AvgIpc) is 2.63. The number of nitrogens with zero attached hydrogens (tertiary/aromatic N) is 1. The van der Waals surface area contributed by atoms with Crippen molar-refractivity contribution in [1.82, 2.24) is 0 Å². The third kappa shape index (κ3) is 3.18. The molecule has 1 aliphatic heterocycles. The first-order chi connectivity index (χ1) is 12.4. The van der Waals surface area contributed by atoms with Gasteiger partial charge in [0.2, 0.25) is 0 Å². The van der Waals surface area contributed by atoms with Crippen LogP contribution in [-0.4, -0.2) is 19.3 Å². The minimum atomic E-state index is -0.661. The van der Waals surface area contributed by atoms with Crippen LogP contribution in [0.2, 0.25) is 0 Å². The van der Waals surface area contributed by atoms with Gasteiger partial charge < -0.3 is 15.6 Å². The fourth-order valence-corrected chi connectivity index (χ4v) is 3.52. The van der Waals surface area contributed by atoms with Gasteiger partial charge in [0.25, 0.3) is 0 Å². The van der Waals surface area contributed by atoms with E-state index in [1.807, 2.05) is 24.3 Å². The van der Waals surface area contributed by atoms with Gasteiger partial charge in [0.15, 0.2) is 5.82 Å². The van der Waals surface area contributed by atoms with E-state index in [0.29, 0.717) is 11.1 Å². The molecule has 0 amide bonds. The summed E-state index contributed by atoms with van der Waals surface area (Å²) in [4.78, 5) is 2.35. The molecule has 0 aliphatic carbocycles. The molecule has 0 radical (unpaired) electrons. The van der Waals surface area contributed by atoms with E-state index in [1.165, 1.54) is 25.8 Å². The van der Waals surface area contributed by atoms with Gasteiger partial charge in [-0.15, -0.1) is 0 Å². The molecular weight excluding hydrogens is 332 g/mol. The fourth-order valence-electron chi connectivity index (χ4n) is 3.52. The predicted molar refractivity (Wildman–Crippen MR) is 104 cm³/mol. The molecule has 26 heavy (non-hydrogen) atoms. The zero-order valence-corrected chi connectivity index (χ0v) is 15.5. The van der Waals surface area contributed by atoms with E-state index in [4.69, 9.17) is 5.41 Å². The van der Waals surface area contributed by atoms with Gasteiger partial charge in [-0.2, -0.15) is 0 Å². The number of hydrogen-bond donors (Lipinski definition) is 2. The van der Waals surface area contributed by atoms with Gasteiger partial charge in [0.05, 0.1) is 5.69 Å². The number of nitrogens with one attached hydrogen (secondary N) is 2. The van der Waals surface area contributed by atoms with Crippen molar-refractivity contribution in [2.45, 2.75) is 33.6 Å². The first kappa shape index (κ1) is 18.4. The second kappa shape index (κ2) is 7.06. The van der Waals surface area contributed by atoms with Gasteiger partial charge in [-0.05, 0) is 50.1 Å². The monoisotopic (exact) mass is 357 g/mol. The van der Waals surface area contributed by atoms with Gasteiger partial charge in [-0.25, -0.2) is 8.78 Å². The van der Waals surface area contributed by atoms with Crippen LogP contribution in [0.25, 0.3) is 0 Å². The van der Waals surface area contributed by atoms with Crippen LogP contribution in [0, 0.1) is 29.4 Å². The summed E-state index contributed by atoms with van der Waals surface area (Å²) in [5.41, 5.74) is 2.56. The quantitative estimate of drug-likeness (QED) is 0.657. The molecule has 1 heterocycles. The number of hydrogen-bond acceptors (Lipinski definition) is 3. The minimum absolute atomic E-state index is 0.0502. The lowest BCUT2D eigenvalue weighted by Crippen LogP contribution is -2.55. The molecule has 2 aromatic rings. The van der Waals surface area contributed by atoms with E-state index in [2.05, 4.69) is 24.1 Å². The number of anilines is 3. The van der Waals surface area contributed by atoms with Crippen LogP contribution in [0.5, 0.6) is 0 Å². The lowest BCUT2D eigenvalue weighted by Gasteiger charge is -2.51. The van der Waals surface area contributed by atoms with Crippen LogP contribution in [0.15, 0.2) is 30.3 Å². The van der Waals surface area contributed by atoms with Crippen molar-refractivity contribution in [3.05, 3.63) is 53.1 Å². The molecule has 0 spiro atoms. The van der Waals surface area contributed by atoms with E-state index >= 15 is 0 Å². The molecule has 0 bridgehead atoms. The van der Waals surface area contributed by atoms with E-state index < -0.39 is 11.6 Å². The van der Waals surface area contributed by atoms with Gasteiger partial charge in [-0.1, -0.05) is 13.8 Å². The van der Waals surface area contributed by atoms with Gasteiger partial charge in [0, 0.05) is 47.2 Å². The average molecular weight is 357 g/mol. The predicted octanol–water partition coefficient (Wildman–Crippen LogP) is 5.64. The Morgan fingerprint density at radius 1 is 1.15 bits per heavy atom. The third-order valence-corrected chi connectivity index (χ3v) is 5.69. The summed E-state index contributed by atoms with van der Waals surface area (Å²) in [6.07, 6.45) is 3.34. The second-order valence-corrected chi connectivity index (χ2v) is 7.14. The van der Waals surface area contributed by atoms with Gasteiger partial charge in [-0.3, -0.25) is 0 Å². The van der Waals surface area contributed by atoms with E-state index in [-0.39, 0.29) is 16.8 Å². The molecule has 0 saturated carbocycles. The number of benzene rings is 2. The first-order valence-electron chi connectivity index (χ1n) is 9.04. The van der Waals surface area contributed by atoms with Crippen molar-refractivity contribution in [1.29, 1.82) is 5.41 Å². The van der Waals surface area contributed by atoms with Crippen molar-refractivity contribution in [2.75, 3.05) is 23.3 Å². The lowest BCUT2D eigenvalue weighted by atomic mass is 9.75. The molecule has 2 N–H and O–H groups in total. The highest BCUT2D eigenvalue weighted by Gasteiger charge is 2.39. The molecule has 3 rings (SSSR count). The van der Waals surface area contributed by atoms with Crippen LogP contribution >= 0.6 is 0 Å². The van der Waals surface area contributed by atoms with E-state index in [1.54, 1.807) is 0 Å². The zero-order chi connectivity index (χ0) is 18.9. The highest BCUT2D eigenvalue weighted by Crippen LogP contribution is 2.40. The maximum Gasteiger partial charge on any atom is 0.153 e. The molecule has 3 nitrogen and oxygen atoms in total. The first-order valence-corrected chi connectivity index (χ1v) is 9.04. The molecule has 1 aliphatic rings. The Morgan fingerprint density at radius 3 is 2.31 bits per heavy atom. The topological polar surface area (TPSA) is 39.1 Å². The Labute approximate surface area is 153 Å². The Hall–Kier alpha value is -2.43. The number of halogens is 2. The second-order valence-electron chi connectivity index (χ2n) is 7.14. The summed E-state index contributed by atoms with van der Waals surface area (Å²) in [7, 11) is 0. The fraction of sp³-hybridized carbons (Fsp3) is 0.381. The molecule has 2 aromatic carbocycles. The van der Waals surface area contributed by atoms with Crippen molar-refractivity contribution in [3.8, 4) is 0 Å². The molecular formula is C21H25F2N3. The summed E-state index contributed by atoms with van der Waals surface area (Å²) in [6, 6.07) is 8.97. The zero-order valence-electron chi connectivity index (χ0n) is 15.5. The summed E-state index contributed by atoms with van der Waals surface area (Å²) < 4.78 is 28.1. The van der Waals surface area contributed by atoms with Gasteiger partial charge in [0.1, 0.15) is 5.82 Å². The standard InChI is InChI=1S/C21H25F2N3/c1-4-21(5-2)12-26(13-21)17-8-6-16(7-9-17)25-20-15(11-24)10-18(22)14(3)19(20)23/h6-11,24-25H,4-5,12-13H2,1-3H3. The molecule has 1 saturated heterocycles. The Bertz CT molecular complexity index is 803. The highest BCUT2D eigenvalue weighted by atomic mass is 19.1. The Kier molecular flexibility index (Phi) is 4.99. The van der Waals surface area contributed by atoms with Crippen LogP contribution in [0.1, 0.15) is 37.8 Å². The maximum atomic E-state index is 14.4. The van der Waals surface area contributed by atoms with Crippen molar-refractivity contribution in [3.63, 3.8) is 0 Å². The van der Waals surface area contributed by atoms with Crippen LogP contribution in [-0.2, 0) is 0 Å². The maximum absolute atomic E-state index is 14.4. The van der Waals surface area contributed by atoms with Crippen LogP contribution < -0.4 is 10.2 Å². The summed E-state index contributed by atoms with van der Waals surface area (Å²) in [5.74, 6) is -1.30. The van der Waals surface area contributed by atoms with Crippen LogP contribution in [0.4, 0.5) is 25.8 Å². The molecule has 0 aromatic heterocycles. The number of rotatable bonds is 6.